The van der Waals surface area contributed by atoms with Crippen molar-refractivity contribution in [3.05, 3.63) is 176 Å². The SMILES string of the molecule is c1ccc(-c2nc(-c3ccccc3)nc(-c3cccc4c3oc3c(-c5cccc6c5oc5c(-c7ccc8c(c7)oc7ccccc78)cccc56)cccc34)n2)cc1. The smallest absolute Gasteiger partial charge is 0.167 e. The standard InChI is InChI=1S/C51H29N3O3/c1-3-13-30(14-4-1)49-52-50(31-15-5-2-6-16-31)54-51(53-49)42-25-12-24-41-40-23-11-22-39(47(40)57-48(41)42)38-21-10-20-37-36-19-9-18-33(45(36)56-46(37)38)32-27-28-35-34-17-7-8-26-43(34)55-44(35)29-32/h1-29H. The maximum Gasteiger partial charge on any atom is 0.167 e. The third-order valence-electron chi connectivity index (χ3n) is 11.0. The van der Waals surface area contributed by atoms with Gasteiger partial charge >= 0.3 is 0 Å². The Kier molecular flexibility index (Phi) is 6.83. The second kappa shape index (κ2) is 12.3. The van der Waals surface area contributed by atoms with Gasteiger partial charge in [0.15, 0.2) is 17.5 Å². The first kappa shape index (κ1) is 31.5. The molecule has 4 aromatic heterocycles. The molecular formula is C51H29N3O3. The maximum atomic E-state index is 6.94. The molecular weight excluding hydrogens is 703 g/mol. The molecule has 0 atom stereocenters. The molecule has 0 aliphatic rings. The van der Waals surface area contributed by atoms with E-state index in [1.165, 1.54) is 0 Å². The Bertz CT molecular complexity index is 3470. The summed E-state index contributed by atoms with van der Waals surface area (Å²) in [6.45, 7) is 0. The summed E-state index contributed by atoms with van der Waals surface area (Å²) in [4.78, 5) is 14.9. The predicted octanol–water partition coefficient (Wildman–Crippen LogP) is 13.9. The van der Waals surface area contributed by atoms with Crippen molar-refractivity contribution in [1.29, 1.82) is 0 Å². The van der Waals surface area contributed by atoms with Gasteiger partial charge in [-0.25, -0.2) is 15.0 Å². The van der Waals surface area contributed by atoms with Gasteiger partial charge in [0, 0.05) is 60.1 Å². The van der Waals surface area contributed by atoms with E-state index >= 15 is 0 Å². The topological polar surface area (TPSA) is 78.1 Å². The second-order valence-corrected chi connectivity index (χ2v) is 14.3. The summed E-state index contributed by atoms with van der Waals surface area (Å²) >= 11 is 0. The molecule has 57 heavy (non-hydrogen) atoms. The van der Waals surface area contributed by atoms with Crippen LogP contribution in [-0.4, -0.2) is 15.0 Å². The zero-order valence-electron chi connectivity index (χ0n) is 30.3. The van der Waals surface area contributed by atoms with Crippen molar-refractivity contribution < 1.29 is 13.3 Å². The lowest BCUT2D eigenvalue weighted by atomic mass is 9.98. The molecule has 12 rings (SSSR count). The van der Waals surface area contributed by atoms with Crippen LogP contribution in [0.2, 0.25) is 0 Å². The largest absolute Gasteiger partial charge is 0.456 e. The quantitative estimate of drug-likeness (QED) is 0.175. The number of para-hydroxylation sites is 5. The lowest BCUT2D eigenvalue weighted by molar-refractivity contribution is 0.665. The summed E-state index contributed by atoms with van der Waals surface area (Å²) in [5.74, 6) is 1.74. The van der Waals surface area contributed by atoms with Gasteiger partial charge in [0.2, 0.25) is 0 Å². The normalized spacial score (nSPS) is 11.9. The van der Waals surface area contributed by atoms with Crippen molar-refractivity contribution in [2.45, 2.75) is 0 Å². The Labute approximate surface area is 325 Å². The van der Waals surface area contributed by atoms with Crippen LogP contribution in [0, 0.1) is 0 Å². The fourth-order valence-electron chi connectivity index (χ4n) is 8.29. The molecule has 12 aromatic rings. The maximum absolute atomic E-state index is 6.94. The molecule has 0 saturated heterocycles. The minimum atomic E-state index is 0.543. The van der Waals surface area contributed by atoms with Crippen LogP contribution in [-0.2, 0) is 0 Å². The van der Waals surface area contributed by atoms with Gasteiger partial charge in [-0.3, -0.25) is 0 Å². The zero-order valence-corrected chi connectivity index (χ0v) is 30.3. The molecule has 0 aliphatic carbocycles. The van der Waals surface area contributed by atoms with Crippen LogP contribution in [0.4, 0.5) is 0 Å². The summed E-state index contributed by atoms with van der Waals surface area (Å²) in [7, 11) is 0. The number of rotatable bonds is 5. The summed E-state index contributed by atoms with van der Waals surface area (Å²) in [6.07, 6.45) is 0. The molecule has 8 aromatic carbocycles. The highest BCUT2D eigenvalue weighted by Crippen LogP contribution is 2.45. The van der Waals surface area contributed by atoms with E-state index in [-0.39, 0.29) is 0 Å². The van der Waals surface area contributed by atoms with Crippen molar-refractivity contribution in [3.63, 3.8) is 0 Å². The first-order valence-corrected chi connectivity index (χ1v) is 18.9. The average molecular weight is 732 g/mol. The highest BCUT2D eigenvalue weighted by molar-refractivity contribution is 6.17. The number of hydrogen-bond acceptors (Lipinski definition) is 6. The number of fused-ring (bicyclic) bond motifs is 9. The molecule has 266 valence electrons. The van der Waals surface area contributed by atoms with Crippen molar-refractivity contribution in [2.24, 2.45) is 0 Å². The number of benzene rings is 8. The van der Waals surface area contributed by atoms with Crippen LogP contribution in [0.15, 0.2) is 189 Å². The van der Waals surface area contributed by atoms with Crippen molar-refractivity contribution in [3.8, 4) is 56.4 Å². The lowest BCUT2D eigenvalue weighted by Crippen LogP contribution is -2.00. The Morgan fingerprint density at radius 2 is 0.702 bits per heavy atom. The van der Waals surface area contributed by atoms with Gasteiger partial charge in [-0.2, -0.15) is 0 Å². The van der Waals surface area contributed by atoms with E-state index in [1.54, 1.807) is 0 Å². The number of nitrogens with zero attached hydrogens (tertiary/aromatic N) is 3. The van der Waals surface area contributed by atoms with E-state index in [2.05, 4.69) is 84.9 Å². The van der Waals surface area contributed by atoms with Crippen LogP contribution in [0.1, 0.15) is 0 Å². The molecule has 6 nitrogen and oxygen atoms in total. The predicted molar refractivity (Wildman–Crippen MR) is 229 cm³/mol. The molecule has 0 saturated carbocycles. The van der Waals surface area contributed by atoms with Gasteiger partial charge in [-0.05, 0) is 29.8 Å². The molecule has 0 fully saturated rings. The summed E-state index contributed by atoms with van der Waals surface area (Å²) < 4.78 is 20.1. The molecule has 0 bridgehead atoms. The van der Waals surface area contributed by atoms with Crippen molar-refractivity contribution in [1.82, 2.24) is 15.0 Å². The van der Waals surface area contributed by atoms with E-state index < -0.39 is 0 Å². The van der Waals surface area contributed by atoms with Crippen molar-refractivity contribution >= 4 is 65.8 Å². The molecule has 6 heteroatoms. The summed E-state index contributed by atoms with van der Waals surface area (Å²) in [5.41, 5.74) is 11.4. The van der Waals surface area contributed by atoms with Crippen LogP contribution >= 0.6 is 0 Å². The molecule has 0 aliphatic heterocycles. The first-order chi connectivity index (χ1) is 28.2. The third kappa shape index (κ3) is 4.94. The van der Waals surface area contributed by atoms with Gasteiger partial charge in [-0.1, -0.05) is 152 Å². The molecule has 0 unspecified atom stereocenters. The van der Waals surface area contributed by atoms with E-state index in [9.17, 15) is 0 Å². The number of furan rings is 3. The fourth-order valence-corrected chi connectivity index (χ4v) is 8.29. The lowest BCUT2D eigenvalue weighted by Gasteiger charge is -2.08. The highest BCUT2D eigenvalue weighted by atomic mass is 16.3. The molecule has 0 N–H and O–H groups in total. The molecule has 0 radical (unpaired) electrons. The third-order valence-corrected chi connectivity index (χ3v) is 11.0. The number of aromatic nitrogens is 3. The van der Waals surface area contributed by atoms with Gasteiger partial charge in [0.05, 0.1) is 5.56 Å². The minimum Gasteiger partial charge on any atom is -0.456 e. The Morgan fingerprint density at radius 1 is 0.263 bits per heavy atom. The van der Waals surface area contributed by atoms with Gasteiger partial charge in [0.1, 0.15) is 33.5 Å². The fraction of sp³-hybridized carbons (Fsp3) is 0. The van der Waals surface area contributed by atoms with E-state index in [4.69, 9.17) is 28.2 Å². The van der Waals surface area contributed by atoms with Crippen LogP contribution in [0.25, 0.3) is 122 Å². The van der Waals surface area contributed by atoms with Crippen molar-refractivity contribution in [2.75, 3.05) is 0 Å². The summed E-state index contributed by atoms with van der Waals surface area (Å²) in [5, 5.41) is 6.27. The molecule has 4 heterocycles. The van der Waals surface area contributed by atoms with Crippen LogP contribution in [0.5, 0.6) is 0 Å². The Hall–Kier alpha value is -7.83. The van der Waals surface area contributed by atoms with Gasteiger partial charge < -0.3 is 13.3 Å². The zero-order chi connectivity index (χ0) is 37.5. The number of hydrogen-bond donors (Lipinski definition) is 0. The second-order valence-electron chi connectivity index (χ2n) is 14.3. The first-order valence-electron chi connectivity index (χ1n) is 18.9. The van der Waals surface area contributed by atoms with Crippen LogP contribution < -0.4 is 0 Å². The summed E-state index contributed by atoms with van der Waals surface area (Å²) in [6, 6.07) is 59.7. The van der Waals surface area contributed by atoms with Crippen LogP contribution in [0.3, 0.4) is 0 Å². The Morgan fingerprint density at radius 3 is 1.30 bits per heavy atom. The molecule has 0 amide bonds. The van der Waals surface area contributed by atoms with Gasteiger partial charge in [0.25, 0.3) is 0 Å². The monoisotopic (exact) mass is 731 g/mol. The molecule has 0 spiro atoms. The van der Waals surface area contributed by atoms with E-state index in [1.807, 2.05) is 91.0 Å². The minimum absolute atomic E-state index is 0.543. The van der Waals surface area contributed by atoms with E-state index in [0.717, 1.165) is 99.2 Å². The average Bonchev–Trinajstić information content (AvgIpc) is 3.98. The Balaban J connectivity index is 1.03. The highest BCUT2D eigenvalue weighted by Gasteiger charge is 2.22. The van der Waals surface area contributed by atoms with E-state index in [0.29, 0.717) is 23.1 Å². The van der Waals surface area contributed by atoms with Gasteiger partial charge in [-0.15, -0.1) is 0 Å².